The summed E-state index contributed by atoms with van der Waals surface area (Å²) in [7, 11) is -3.53. The first-order valence-electron chi connectivity index (χ1n) is 9.48. The van der Waals surface area contributed by atoms with Gasteiger partial charge in [-0.3, -0.25) is 4.79 Å². The minimum Gasteiger partial charge on any atom is -0.317 e. The topological polar surface area (TPSA) is 131 Å². The highest BCUT2D eigenvalue weighted by molar-refractivity contribution is 7.90. The molecule has 11 heteroatoms. The van der Waals surface area contributed by atoms with Crippen molar-refractivity contribution in [3.8, 4) is 22.9 Å². The van der Waals surface area contributed by atoms with Crippen molar-refractivity contribution < 1.29 is 17.6 Å². The molecule has 1 N–H and O–H groups in total. The van der Waals surface area contributed by atoms with E-state index in [2.05, 4.69) is 20.8 Å². The number of hydrogen-bond acceptors (Lipinski definition) is 7. The van der Waals surface area contributed by atoms with Crippen LogP contribution in [0, 0.1) is 17.1 Å². The zero-order chi connectivity index (χ0) is 23.6. The summed E-state index contributed by atoms with van der Waals surface area (Å²) in [6, 6.07) is 18.6. The number of nitriles is 1. The Morgan fingerprint density at radius 1 is 1.09 bits per heavy atom. The number of nitrogens with one attached hydrogen (secondary N) is 1. The molecule has 3 aromatic carbocycles. The van der Waals surface area contributed by atoms with Crippen molar-refractivity contribution in [1.82, 2.24) is 20.2 Å². The Balaban J connectivity index is 1.65. The second-order valence-corrected chi connectivity index (χ2v) is 8.94. The third-order valence-corrected chi connectivity index (χ3v) is 5.90. The maximum Gasteiger partial charge on any atom is 0.295 e. The summed E-state index contributed by atoms with van der Waals surface area (Å²) in [6.45, 7) is 0. The standard InChI is InChI=1S/C22H15FN6O3S/c1-33(31,32)20-9-5-3-7-16(20)14-10-11-18(17(23)12-14)25-22(30)21-26-27-28-29(21)19-8-4-2-6-15(19)13-24/h2-12H,1H3,(H,25,30). The molecule has 164 valence electrons. The number of tetrazole rings is 1. The molecule has 0 saturated heterocycles. The van der Waals surface area contributed by atoms with Gasteiger partial charge >= 0.3 is 0 Å². The lowest BCUT2D eigenvalue weighted by molar-refractivity contribution is 0.101. The molecule has 1 aromatic heterocycles. The fraction of sp³-hybridized carbons (Fsp3) is 0.0455. The molecule has 0 atom stereocenters. The minimum atomic E-state index is -3.53. The quantitative estimate of drug-likeness (QED) is 0.482. The molecular weight excluding hydrogens is 447 g/mol. The molecule has 0 aliphatic rings. The van der Waals surface area contributed by atoms with Gasteiger partial charge in [0.25, 0.3) is 5.91 Å². The van der Waals surface area contributed by atoms with Gasteiger partial charge in [-0.05, 0) is 46.3 Å². The average Bonchev–Trinajstić information content (AvgIpc) is 3.29. The molecule has 0 fully saturated rings. The molecule has 1 heterocycles. The van der Waals surface area contributed by atoms with Crippen molar-refractivity contribution in [3.63, 3.8) is 0 Å². The highest BCUT2D eigenvalue weighted by Gasteiger charge is 2.21. The van der Waals surface area contributed by atoms with Crippen LogP contribution in [0.5, 0.6) is 0 Å². The van der Waals surface area contributed by atoms with E-state index in [9.17, 15) is 22.9 Å². The summed E-state index contributed by atoms with van der Waals surface area (Å²) in [4.78, 5) is 12.8. The van der Waals surface area contributed by atoms with Gasteiger partial charge in [-0.15, -0.1) is 5.10 Å². The van der Waals surface area contributed by atoms with Crippen LogP contribution >= 0.6 is 0 Å². The lowest BCUT2D eigenvalue weighted by Gasteiger charge is -2.11. The number of halogens is 1. The Morgan fingerprint density at radius 3 is 2.55 bits per heavy atom. The number of carbonyl (C=O) groups is 1. The lowest BCUT2D eigenvalue weighted by Crippen LogP contribution is -2.19. The van der Waals surface area contributed by atoms with E-state index in [1.54, 1.807) is 42.5 Å². The summed E-state index contributed by atoms with van der Waals surface area (Å²) >= 11 is 0. The number of sulfone groups is 1. The number of carbonyl (C=O) groups excluding carboxylic acids is 1. The zero-order valence-electron chi connectivity index (χ0n) is 17.1. The van der Waals surface area contributed by atoms with E-state index in [4.69, 9.17) is 0 Å². The maximum absolute atomic E-state index is 14.8. The Hall–Kier alpha value is -4.43. The summed E-state index contributed by atoms with van der Waals surface area (Å²) in [5, 5.41) is 22.6. The van der Waals surface area contributed by atoms with Crippen LogP contribution in [0.1, 0.15) is 16.2 Å². The van der Waals surface area contributed by atoms with Gasteiger partial charge in [0.15, 0.2) is 9.84 Å². The second-order valence-electron chi connectivity index (χ2n) is 6.96. The molecule has 0 aliphatic heterocycles. The van der Waals surface area contributed by atoms with E-state index in [1.165, 1.54) is 18.2 Å². The van der Waals surface area contributed by atoms with Crippen LogP contribution in [-0.4, -0.2) is 40.8 Å². The SMILES string of the molecule is CS(=O)(=O)c1ccccc1-c1ccc(NC(=O)c2nnnn2-c2ccccc2C#N)c(F)c1. The van der Waals surface area contributed by atoms with Crippen molar-refractivity contribution in [1.29, 1.82) is 5.26 Å². The first kappa shape index (κ1) is 21.8. The molecule has 0 saturated carbocycles. The fourth-order valence-corrected chi connectivity index (χ4v) is 4.15. The molecule has 33 heavy (non-hydrogen) atoms. The van der Waals surface area contributed by atoms with Crippen molar-refractivity contribution in [2.75, 3.05) is 11.6 Å². The zero-order valence-corrected chi connectivity index (χ0v) is 17.9. The van der Waals surface area contributed by atoms with Gasteiger partial charge in [0.05, 0.1) is 21.8 Å². The monoisotopic (exact) mass is 462 g/mol. The predicted molar refractivity (Wildman–Crippen MR) is 117 cm³/mol. The van der Waals surface area contributed by atoms with E-state index in [0.29, 0.717) is 16.8 Å². The number of benzene rings is 3. The number of amides is 1. The van der Waals surface area contributed by atoms with Gasteiger partial charge in [0, 0.05) is 11.8 Å². The van der Waals surface area contributed by atoms with Gasteiger partial charge in [0.1, 0.15) is 11.9 Å². The molecular formula is C22H15FN6O3S. The van der Waals surface area contributed by atoms with E-state index in [1.807, 2.05) is 6.07 Å². The normalized spacial score (nSPS) is 11.1. The van der Waals surface area contributed by atoms with Crippen molar-refractivity contribution >= 4 is 21.4 Å². The van der Waals surface area contributed by atoms with Crippen LogP contribution < -0.4 is 5.32 Å². The Kier molecular flexibility index (Phi) is 5.68. The smallest absolute Gasteiger partial charge is 0.295 e. The Labute approximate surface area is 188 Å². The number of nitrogens with zero attached hydrogens (tertiary/aromatic N) is 5. The highest BCUT2D eigenvalue weighted by Crippen LogP contribution is 2.30. The summed E-state index contributed by atoms with van der Waals surface area (Å²) in [5.74, 6) is -1.82. The molecule has 4 aromatic rings. The van der Waals surface area contributed by atoms with E-state index >= 15 is 0 Å². The lowest BCUT2D eigenvalue weighted by atomic mass is 10.0. The van der Waals surface area contributed by atoms with Gasteiger partial charge in [-0.25, -0.2) is 12.8 Å². The molecule has 0 aliphatic carbocycles. The van der Waals surface area contributed by atoms with Crippen molar-refractivity contribution in [2.45, 2.75) is 4.90 Å². The van der Waals surface area contributed by atoms with Gasteiger partial charge in [0.2, 0.25) is 5.82 Å². The summed E-state index contributed by atoms with van der Waals surface area (Å²) < 4.78 is 40.0. The van der Waals surface area contributed by atoms with Crippen LogP contribution in [0.15, 0.2) is 71.6 Å². The Morgan fingerprint density at radius 2 is 1.82 bits per heavy atom. The third kappa shape index (κ3) is 4.32. The highest BCUT2D eigenvalue weighted by atomic mass is 32.2. The molecule has 0 unspecified atom stereocenters. The number of rotatable bonds is 5. The van der Waals surface area contributed by atoms with E-state index in [0.717, 1.165) is 17.0 Å². The van der Waals surface area contributed by atoms with Gasteiger partial charge in [-0.1, -0.05) is 36.4 Å². The fourth-order valence-electron chi connectivity index (χ4n) is 3.23. The summed E-state index contributed by atoms with van der Waals surface area (Å²) in [5.41, 5.74) is 1.07. The van der Waals surface area contributed by atoms with Crippen LogP contribution in [0.25, 0.3) is 16.8 Å². The van der Waals surface area contributed by atoms with Crippen LogP contribution in [0.3, 0.4) is 0 Å². The Bertz CT molecular complexity index is 1530. The van der Waals surface area contributed by atoms with Crippen molar-refractivity contribution in [2.24, 2.45) is 0 Å². The van der Waals surface area contributed by atoms with Crippen LogP contribution in [0.4, 0.5) is 10.1 Å². The number of aromatic nitrogens is 4. The van der Waals surface area contributed by atoms with Crippen LogP contribution in [0.2, 0.25) is 0 Å². The molecule has 1 amide bonds. The first-order chi connectivity index (χ1) is 15.8. The molecule has 0 radical (unpaired) electrons. The van der Waals surface area contributed by atoms with Crippen LogP contribution in [-0.2, 0) is 9.84 Å². The van der Waals surface area contributed by atoms with Crippen molar-refractivity contribution in [3.05, 3.63) is 83.9 Å². The molecule has 4 rings (SSSR count). The molecule has 9 nitrogen and oxygen atoms in total. The number of anilines is 1. The molecule has 0 spiro atoms. The number of hydrogen-bond donors (Lipinski definition) is 1. The number of para-hydroxylation sites is 1. The van der Waals surface area contributed by atoms with Gasteiger partial charge in [-0.2, -0.15) is 9.94 Å². The maximum atomic E-state index is 14.8. The van der Waals surface area contributed by atoms with E-state index < -0.39 is 21.6 Å². The minimum absolute atomic E-state index is 0.0662. The third-order valence-electron chi connectivity index (χ3n) is 4.74. The largest absolute Gasteiger partial charge is 0.317 e. The van der Waals surface area contributed by atoms with Gasteiger partial charge < -0.3 is 5.32 Å². The first-order valence-corrected chi connectivity index (χ1v) is 11.4. The van der Waals surface area contributed by atoms with E-state index in [-0.39, 0.29) is 22.0 Å². The summed E-state index contributed by atoms with van der Waals surface area (Å²) in [6.07, 6.45) is 1.07. The molecule has 0 bridgehead atoms. The average molecular weight is 462 g/mol. The predicted octanol–water partition coefficient (Wildman–Crippen LogP) is 3.00. The second kappa shape index (κ2) is 8.60.